The first-order chi connectivity index (χ1) is 39.7. The summed E-state index contributed by atoms with van der Waals surface area (Å²) in [5, 5.41) is 57.0. The van der Waals surface area contributed by atoms with Gasteiger partial charge in [0.05, 0.1) is 25.4 Å². The molecule has 6 N–H and O–H groups in total. The Bertz CT molecular complexity index is 1640. The molecule has 0 radical (unpaired) electrons. The van der Waals surface area contributed by atoms with Gasteiger partial charge >= 0.3 is 5.97 Å². The summed E-state index contributed by atoms with van der Waals surface area (Å²) in [7, 11) is 0. The minimum atomic E-state index is -1.62. The quantitative estimate of drug-likeness (QED) is 0.0149. The maximum atomic E-state index is 13.4. The molecule has 0 saturated carbocycles. The van der Waals surface area contributed by atoms with Crippen LogP contribution >= 0.6 is 0 Å². The largest absolute Gasteiger partial charge is 0.454 e. The van der Waals surface area contributed by atoms with Gasteiger partial charge in [-0.1, -0.05) is 292 Å². The zero-order valence-electron chi connectivity index (χ0n) is 51.9. The molecule has 1 fully saturated rings. The number of allylic oxidation sites excluding steroid dienone is 13. The van der Waals surface area contributed by atoms with Crippen LogP contribution in [0.4, 0.5) is 0 Å². The minimum Gasteiger partial charge on any atom is -0.454 e. The van der Waals surface area contributed by atoms with Crippen molar-refractivity contribution in [3.8, 4) is 0 Å². The Morgan fingerprint density at radius 1 is 0.494 bits per heavy atom. The standard InChI is InChI=1S/C70H123NO10/c1-4-7-10-13-16-19-22-25-27-28-29-30-31-32-33-34-35-36-37-40-43-46-49-52-55-58-65(75)81-68-67(77)66(76)64(59-72)80-70(68)79-60-61(62(73)56-53-50-47-44-41-38-24-21-18-15-12-9-6-3)71-69(78)63(74)57-54-51-48-45-42-39-26-23-20-17-14-11-8-5-2/h8,11,14,17,20,23,25-27,39,42,45,53,56,61-64,66-68,70,72-74,76-77H,4-7,9-10,12-13,15-16,18-19,21-22,24,28-38,40-41,43-44,46-52,54-55,57-60H2,1-3H3,(H,71,78)/b11-8+,17-14+,23-20-,27-25+,39-26-,45-42+,56-53+. The summed E-state index contributed by atoms with van der Waals surface area (Å²) < 4.78 is 17.6. The van der Waals surface area contributed by atoms with Gasteiger partial charge in [-0.3, -0.25) is 9.59 Å². The van der Waals surface area contributed by atoms with Crippen LogP contribution in [0.2, 0.25) is 0 Å². The SMILES string of the molecule is CC/C=C/C=C/C=C\C=C/C=C/CCCCC(O)C(=O)NC(COC1OC(CO)C(O)C(O)C1OC(=O)CCCCCCCCCCCCCCCCC/C=C/CCCCCCCC)C(O)/C=C/CCCCCCCCCCCCC. The first-order valence-corrected chi connectivity index (χ1v) is 33.4. The van der Waals surface area contributed by atoms with E-state index in [1.165, 1.54) is 173 Å². The van der Waals surface area contributed by atoms with Gasteiger partial charge in [0, 0.05) is 6.42 Å². The van der Waals surface area contributed by atoms with Crippen molar-refractivity contribution in [3.05, 3.63) is 85.1 Å². The molecule has 1 rings (SSSR count). The van der Waals surface area contributed by atoms with Crippen LogP contribution in [-0.4, -0.2) is 99.6 Å². The van der Waals surface area contributed by atoms with Crippen LogP contribution < -0.4 is 5.32 Å². The minimum absolute atomic E-state index is 0.117. The lowest BCUT2D eigenvalue weighted by Gasteiger charge is -2.41. The van der Waals surface area contributed by atoms with Gasteiger partial charge in [-0.2, -0.15) is 0 Å². The topological polar surface area (TPSA) is 175 Å². The summed E-state index contributed by atoms with van der Waals surface area (Å²) in [6.45, 7) is 5.63. The van der Waals surface area contributed by atoms with Crippen LogP contribution in [0.3, 0.4) is 0 Å². The summed E-state index contributed by atoms with van der Waals surface area (Å²) in [5.41, 5.74) is 0. The number of aliphatic hydroxyl groups excluding tert-OH is 5. The number of amides is 1. The molecule has 1 aliphatic rings. The Kier molecular flexibility index (Phi) is 53.6. The highest BCUT2D eigenvalue weighted by Gasteiger charge is 2.47. The molecule has 8 atom stereocenters. The van der Waals surface area contributed by atoms with Gasteiger partial charge in [0.25, 0.3) is 0 Å². The van der Waals surface area contributed by atoms with Crippen molar-refractivity contribution in [2.45, 2.75) is 333 Å². The average Bonchev–Trinajstić information content (AvgIpc) is 3.46. The molecule has 0 spiro atoms. The second-order valence-electron chi connectivity index (χ2n) is 22.9. The highest BCUT2D eigenvalue weighted by molar-refractivity contribution is 5.80. The van der Waals surface area contributed by atoms with Crippen LogP contribution in [0.15, 0.2) is 85.1 Å². The maximum Gasteiger partial charge on any atom is 0.306 e. The summed E-state index contributed by atoms with van der Waals surface area (Å²) in [6.07, 6.45) is 64.9. The fraction of sp³-hybridized carbons (Fsp3) is 0.771. The Morgan fingerprint density at radius 2 is 0.901 bits per heavy atom. The normalized spacial score (nSPS) is 19.2. The number of carbonyl (C=O) groups excluding carboxylic acids is 2. The number of esters is 1. The summed E-state index contributed by atoms with van der Waals surface area (Å²) >= 11 is 0. The molecule has 1 saturated heterocycles. The zero-order chi connectivity index (χ0) is 58.9. The first kappa shape index (κ1) is 75.9. The van der Waals surface area contributed by atoms with E-state index in [1.54, 1.807) is 6.08 Å². The van der Waals surface area contributed by atoms with Gasteiger partial charge in [-0.15, -0.1) is 0 Å². The maximum absolute atomic E-state index is 13.4. The lowest BCUT2D eigenvalue weighted by atomic mass is 9.99. The van der Waals surface area contributed by atoms with Gasteiger partial charge in [0.2, 0.25) is 5.91 Å². The van der Waals surface area contributed by atoms with Crippen molar-refractivity contribution in [2.75, 3.05) is 13.2 Å². The monoisotopic (exact) mass is 1140 g/mol. The number of nitrogens with one attached hydrogen (secondary N) is 1. The van der Waals surface area contributed by atoms with Crippen LogP contribution in [0, 0.1) is 0 Å². The summed E-state index contributed by atoms with van der Waals surface area (Å²) in [5.74, 6) is -1.24. The van der Waals surface area contributed by atoms with Crippen molar-refractivity contribution >= 4 is 11.9 Å². The first-order valence-electron chi connectivity index (χ1n) is 33.4. The highest BCUT2D eigenvalue weighted by Crippen LogP contribution is 2.26. The second-order valence-corrected chi connectivity index (χ2v) is 22.9. The molecule has 0 bridgehead atoms. The van der Waals surface area contributed by atoms with Crippen LogP contribution in [0.25, 0.3) is 0 Å². The van der Waals surface area contributed by atoms with Crippen molar-refractivity contribution in [3.63, 3.8) is 0 Å². The number of rotatable bonds is 56. The smallest absolute Gasteiger partial charge is 0.306 e. The van der Waals surface area contributed by atoms with E-state index in [4.69, 9.17) is 14.2 Å². The number of carbonyl (C=O) groups is 2. The van der Waals surface area contributed by atoms with E-state index in [-0.39, 0.29) is 19.4 Å². The Labute approximate surface area is 495 Å². The number of hydrogen-bond donors (Lipinski definition) is 6. The average molecular weight is 1140 g/mol. The summed E-state index contributed by atoms with van der Waals surface area (Å²) in [4.78, 5) is 26.6. The van der Waals surface area contributed by atoms with Crippen LogP contribution in [0.5, 0.6) is 0 Å². The van der Waals surface area contributed by atoms with Crippen molar-refractivity contribution < 1.29 is 49.3 Å². The van der Waals surface area contributed by atoms with Crippen molar-refractivity contribution in [2.24, 2.45) is 0 Å². The molecular formula is C70H123NO10. The fourth-order valence-corrected chi connectivity index (χ4v) is 10.1. The van der Waals surface area contributed by atoms with E-state index in [0.717, 1.165) is 64.2 Å². The Morgan fingerprint density at radius 3 is 1.37 bits per heavy atom. The third-order valence-electron chi connectivity index (χ3n) is 15.4. The van der Waals surface area contributed by atoms with Gasteiger partial charge in [-0.25, -0.2) is 0 Å². The van der Waals surface area contributed by atoms with E-state index < -0.39 is 67.4 Å². The van der Waals surface area contributed by atoms with Crippen LogP contribution in [0.1, 0.15) is 284 Å². The van der Waals surface area contributed by atoms with E-state index in [2.05, 4.69) is 44.3 Å². The summed E-state index contributed by atoms with van der Waals surface area (Å²) in [6, 6.07) is -1.05. The van der Waals surface area contributed by atoms with Gasteiger partial charge in [0.15, 0.2) is 12.4 Å². The fourth-order valence-electron chi connectivity index (χ4n) is 10.1. The second kappa shape index (κ2) is 57.3. The number of hydrogen-bond acceptors (Lipinski definition) is 10. The molecule has 468 valence electrons. The molecule has 1 amide bonds. The molecule has 81 heavy (non-hydrogen) atoms. The predicted octanol–water partition coefficient (Wildman–Crippen LogP) is 16.5. The van der Waals surface area contributed by atoms with E-state index in [1.807, 2.05) is 60.8 Å². The Balaban J connectivity index is 2.60. The van der Waals surface area contributed by atoms with Gasteiger partial charge < -0.3 is 45.1 Å². The lowest BCUT2D eigenvalue weighted by Crippen LogP contribution is -2.61. The third-order valence-corrected chi connectivity index (χ3v) is 15.4. The van der Waals surface area contributed by atoms with Gasteiger partial charge in [-0.05, 0) is 70.6 Å². The molecule has 1 heterocycles. The van der Waals surface area contributed by atoms with E-state index in [9.17, 15) is 35.1 Å². The number of aliphatic hydroxyl groups is 5. The van der Waals surface area contributed by atoms with E-state index >= 15 is 0 Å². The third kappa shape index (κ3) is 45.0. The molecular weight excluding hydrogens is 1010 g/mol. The zero-order valence-corrected chi connectivity index (χ0v) is 51.9. The molecule has 1 aliphatic heterocycles. The molecule has 0 aliphatic carbocycles. The number of ether oxygens (including phenoxy) is 3. The Hall–Kier alpha value is -3.16. The molecule has 8 unspecified atom stereocenters. The van der Waals surface area contributed by atoms with Crippen molar-refractivity contribution in [1.82, 2.24) is 5.32 Å². The van der Waals surface area contributed by atoms with E-state index in [0.29, 0.717) is 12.8 Å². The molecule has 0 aromatic carbocycles. The highest BCUT2D eigenvalue weighted by atomic mass is 16.7. The van der Waals surface area contributed by atoms with Gasteiger partial charge in [0.1, 0.15) is 24.4 Å². The van der Waals surface area contributed by atoms with Crippen molar-refractivity contribution in [1.29, 1.82) is 0 Å². The van der Waals surface area contributed by atoms with Crippen LogP contribution in [-0.2, 0) is 23.8 Å². The predicted molar refractivity (Wildman–Crippen MR) is 338 cm³/mol. The lowest BCUT2D eigenvalue weighted by molar-refractivity contribution is -0.305. The molecule has 11 heteroatoms. The number of unbranched alkanes of at least 4 members (excludes halogenated alkanes) is 34. The molecule has 11 nitrogen and oxygen atoms in total. The molecule has 0 aromatic heterocycles. The molecule has 0 aromatic rings.